The molecule has 12 heteroatoms. The third-order valence-corrected chi connectivity index (χ3v) is 5.85. The van der Waals surface area contributed by atoms with Crippen LogP contribution in [0.25, 0.3) is 16.8 Å². The van der Waals surface area contributed by atoms with Gasteiger partial charge in [-0.25, -0.2) is 9.31 Å². The molecular formula is C22H24N8O4. The third-order valence-electron chi connectivity index (χ3n) is 5.85. The second-order valence-corrected chi connectivity index (χ2v) is 8.07. The van der Waals surface area contributed by atoms with Gasteiger partial charge in [0, 0.05) is 37.0 Å². The number of hydrogen-bond acceptors (Lipinski definition) is 8. The van der Waals surface area contributed by atoms with Gasteiger partial charge in [0.1, 0.15) is 12.3 Å². The van der Waals surface area contributed by atoms with Crippen molar-refractivity contribution in [3.05, 3.63) is 42.2 Å². The van der Waals surface area contributed by atoms with Crippen molar-refractivity contribution in [3.63, 3.8) is 0 Å². The first kappa shape index (κ1) is 21.5. The van der Waals surface area contributed by atoms with Crippen LogP contribution in [-0.2, 0) is 7.05 Å². The summed E-state index contributed by atoms with van der Waals surface area (Å²) in [6.45, 7) is 2.72. The molecule has 2 N–H and O–H groups in total. The summed E-state index contributed by atoms with van der Waals surface area (Å²) in [7, 11) is 3.40. The quantitative estimate of drug-likeness (QED) is 0.424. The Labute approximate surface area is 194 Å². The number of aryl methyl sites for hydroxylation is 2. The molecule has 0 aromatic carbocycles. The van der Waals surface area contributed by atoms with Gasteiger partial charge in [0.15, 0.2) is 17.4 Å². The van der Waals surface area contributed by atoms with E-state index in [-0.39, 0.29) is 12.6 Å². The molecule has 1 aliphatic heterocycles. The number of carbonyl (C=O) groups is 1. The fraction of sp³-hybridized carbons (Fsp3) is 0.318. The molecule has 0 aliphatic carbocycles. The number of fused-ring (bicyclic) bond motifs is 1. The highest BCUT2D eigenvalue weighted by molar-refractivity contribution is 5.73. The second-order valence-electron chi connectivity index (χ2n) is 8.07. The molecule has 0 radical (unpaired) electrons. The van der Waals surface area contributed by atoms with Crippen LogP contribution in [0.4, 0.5) is 16.4 Å². The Morgan fingerprint density at radius 3 is 2.82 bits per heavy atom. The van der Waals surface area contributed by atoms with Crippen molar-refractivity contribution in [2.24, 2.45) is 7.05 Å². The fourth-order valence-corrected chi connectivity index (χ4v) is 3.97. The van der Waals surface area contributed by atoms with Crippen LogP contribution in [0.1, 0.15) is 12.0 Å². The maximum atomic E-state index is 11.2. The zero-order valence-electron chi connectivity index (χ0n) is 19.0. The molecule has 4 aromatic rings. The lowest BCUT2D eigenvalue weighted by molar-refractivity contribution is 0.0501. The largest absolute Gasteiger partial charge is 0.487 e. The Morgan fingerprint density at radius 2 is 2.12 bits per heavy atom. The summed E-state index contributed by atoms with van der Waals surface area (Å²) in [6.07, 6.45) is 3.38. The minimum absolute atomic E-state index is 0.138. The van der Waals surface area contributed by atoms with E-state index in [1.165, 1.54) is 4.90 Å². The van der Waals surface area contributed by atoms with Gasteiger partial charge in [0.25, 0.3) is 0 Å². The number of methoxy groups -OCH3 is 1. The van der Waals surface area contributed by atoms with E-state index in [1.807, 2.05) is 44.4 Å². The van der Waals surface area contributed by atoms with Crippen molar-refractivity contribution in [1.82, 2.24) is 34.5 Å². The summed E-state index contributed by atoms with van der Waals surface area (Å²) in [6, 6.07) is 7.52. The first-order valence-corrected chi connectivity index (χ1v) is 10.7. The first-order chi connectivity index (χ1) is 16.4. The number of pyridine rings is 1. The van der Waals surface area contributed by atoms with Crippen LogP contribution in [-0.4, -0.2) is 72.0 Å². The lowest BCUT2D eigenvalue weighted by atomic mass is 10.1. The predicted octanol–water partition coefficient (Wildman–Crippen LogP) is 2.72. The van der Waals surface area contributed by atoms with Crippen LogP contribution in [0.15, 0.2) is 36.7 Å². The number of likely N-dealkylation sites (tertiary alicyclic amines) is 1. The van der Waals surface area contributed by atoms with Crippen LogP contribution in [0.5, 0.6) is 11.6 Å². The predicted molar refractivity (Wildman–Crippen MR) is 123 cm³/mol. The molecular weight excluding hydrogens is 440 g/mol. The normalized spacial score (nSPS) is 15.3. The van der Waals surface area contributed by atoms with Crippen LogP contribution in [0, 0.1) is 6.92 Å². The molecule has 1 saturated heterocycles. The van der Waals surface area contributed by atoms with Gasteiger partial charge >= 0.3 is 6.09 Å². The van der Waals surface area contributed by atoms with Crippen molar-refractivity contribution < 1.29 is 19.4 Å². The lowest BCUT2D eigenvalue weighted by Gasteiger charge is -2.38. The molecule has 176 valence electrons. The van der Waals surface area contributed by atoms with E-state index >= 15 is 0 Å². The number of anilines is 2. The average Bonchev–Trinajstić information content (AvgIpc) is 3.34. The van der Waals surface area contributed by atoms with Crippen LogP contribution in [0.3, 0.4) is 0 Å². The van der Waals surface area contributed by atoms with Crippen LogP contribution >= 0.6 is 0 Å². The minimum Gasteiger partial charge on any atom is -0.487 e. The number of amides is 1. The summed E-state index contributed by atoms with van der Waals surface area (Å²) in [4.78, 5) is 12.6. The fourth-order valence-electron chi connectivity index (χ4n) is 3.97. The average molecular weight is 464 g/mol. The third kappa shape index (κ3) is 3.93. The Morgan fingerprint density at radius 1 is 1.26 bits per heavy atom. The van der Waals surface area contributed by atoms with Crippen molar-refractivity contribution in [2.75, 3.05) is 25.6 Å². The van der Waals surface area contributed by atoms with Gasteiger partial charge < -0.3 is 24.8 Å². The van der Waals surface area contributed by atoms with Gasteiger partial charge in [-0.2, -0.15) is 10.2 Å². The van der Waals surface area contributed by atoms with E-state index in [9.17, 15) is 9.90 Å². The Bertz CT molecular complexity index is 1360. The van der Waals surface area contributed by atoms with Crippen LogP contribution < -0.4 is 14.8 Å². The Kier molecular flexibility index (Phi) is 5.40. The minimum atomic E-state index is -0.919. The number of rotatable bonds is 7. The lowest BCUT2D eigenvalue weighted by Crippen LogP contribution is -2.53. The molecule has 5 heterocycles. The van der Waals surface area contributed by atoms with Crippen molar-refractivity contribution >= 4 is 23.2 Å². The highest BCUT2D eigenvalue weighted by Gasteiger charge is 2.32. The standard InChI is InChI=1S/C22H24N8O4/c1-13-8-18(25-26-21(13)33-3)24-19-10-16-9-14(4-7-30(16)27-19)20-17(11-23-28(20)2)34-12-15-5-6-29(15)22(31)32/h4,7-11,15H,5-6,12H2,1-3H3,(H,31,32)(H,24,25,27)/t15-/m1/s1. The summed E-state index contributed by atoms with van der Waals surface area (Å²) < 4.78 is 14.6. The molecule has 0 bridgehead atoms. The molecule has 1 aliphatic rings. The van der Waals surface area contributed by atoms with Gasteiger partial charge in [-0.05, 0) is 31.5 Å². The van der Waals surface area contributed by atoms with Crippen LogP contribution in [0.2, 0.25) is 0 Å². The van der Waals surface area contributed by atoms with E-state index in [2.05, 4.69) is 25.7 Å². The van der Waals surface area contributed by atoms with Gasteiger partial charge in [-0.1, -0.05) is 0 Å². The number of nitrogens with one attached hydrogen (secondary N) is 1. The summed E-state index contributed by atoms with van der Waals surface area (Å²) in [5.41, 5.74) is 3.43. The van der Waals surface area contributed by atoms with E-state index in [1.54, 1.807) is 22.5 Å². The van der Waals surface area contributed by atoms with E-state index in [0.29, 0.717) is 29.8 Å². The molecule has 0 unspecified atom stereocenters. The SMILES string of the molecule is COc1nnc(Nc2cc3cc(-c4c(OC[C@H]5CCN5C(=O)O)cnn4C)ccn3n2)cc1C. The van der Waals surface area contributed by atoms with Crippen molar-refractivity contribution in [1.29, 1.82) is 0 Å². The second kappa shape index (κ2) is 8.54. The summed E-state index contributed by atoms with van der Waals surface area (Å²) >= 11 is 0. The van der Waals surface area contributed by atoms with Gasteiger partial charge in [-0.3, -0.25) is 4.68 Å². The first-order valence-electron chi connectivity index (χ1n) is 10.7. The number of carboxylic acid groups (broad SMARTS) is 1. The van der Waals surface area contributed by atoms with E-state index in [4.69, 9.17) is 9.47 Å². The molecule has 0 spiro atoms. The van der Waals surface area contributed by atoms with Crippen molar-refractivity contribution in [2.45, 2.75) is 19.4 Å². The van der Waals surface area contributed by atoms with Crippen molar-refractivity contribution in [3.8, 4) is 22.9 Å². The molecule has 4 aromatic heterocycles. The number of nitrogens with zero attached hydrogens (tertiary/aromatic N) is 7. The highest BCUT2D eigenvalue weighted by atomic mass is 16.5. The van der Waals surface area contributed by atoms with Gasteiger partial charge in [0.2, 0.25) is 5.88 Å². The highest BCUT2D eigenvalue weighted by Crippen LogP contribution is 2.32. The van der Waals surface area contributed by atoms with E-state index < -0.39 is 6.09 Å². The summed E-state index contributed by atoms with van der Waals surface area (Å²) in [5.74, 6) is 2.27. The number of hydrogen-bond donors (Lipinski definition) is 2. The molecule has 1 amide bonds. The molecule has 1 atom stereocenters. The topological polar surface area (TPSA) is 132 Å². The smallest absolute Gasteiger partial charge is 0.407 e. The monoisotopic (exact) mass is 464 g/mol. The van der Waals surface area contributed by atoms with Gasteiger partial charge in [-0.15, -0.1) is 10.2 Å². The Balaban J connectivity index is 1.36. The number of aromatic nitrogens is 6. The molecule has 34 heavy (non-hydrogen) atoms. The maximum absolute atomic E-state index is 11.2. The molecule has 1 fully saturated rings. The van der Waals surface area contributed by atoms with Gasteiger partial charge in [0.05, 0.1) is 24.9 Å². The maximum Gasteiger partial charge on any atom is 0.407 e. The molecule has 0 saturated carbocycles. The zero-order chi connectivity index (χ0) is 23.8. The molecule has 5 rings (SSSR count). The summed E-state index contributed by atoms with van der Waals surface area (Å²) in [5, 5.41) is 29.4. The van der Waals surface area contributed by atoms with E-state index in [0.717, 1.165) is 28.8 Å². The number of ether oxygens (including phenoxy) is 2. The molecule has 12 nitrogen and oxygen atoms in total. The zero-order valence-corrected chi connectivity index (χ0v) is 19.0. The Hall–Kier alpha value is -4.35.